The third kappa shape index (κ3) is 5.34. The molecular weight excluding hydrogens is 639 g/mol. The Balaban J connectivity index is 1.10. The highest BCUT2D eigenvalue weighted by Gasteiger charge is 2.16. The molecule has 238 valence electrons. The molecule has 0 saturated carbocycles. The van der Waals surface area contributed by atoms with E-state index in [1.807, 2.05) is 35.6 Å². The summed E-state index contributed by atoms with van der Waals surface area (Å²) in [6, 6.07) is 62.3. The molecule has 0 aliphatic heterocycles. The molecule has 10 rings (SSSR count). The Labute approximate surface area is 299 Å². The normalized spacial score (nSPS) is 11.5. The predicted octanol–water partition coefficient (Wildman–Crippen LogP) is 12.9. The molecular formula is C47H29N3S. The van der Waals surface area contributed by atoms with Gasteiger partial charge in [-0.3, -0.25) is 0 Å². The van der Waals surface area contributed by atoms with Gasteiger partial charge in [-0.05, 0) is 86.3 Å². The lowest BCUT2D eigenvalue weighted by Gasteiger charge is -2.13. The summed E-state index contributed by atoms with van der Waals surface area (Å²) >= 11 is 1.85. The molecule has 51 heavy (non-hydrogen) atoms. The van der Waals surface area contributed by atoms with Gasteiger partial charge in [-0.15, -0.1) is 11.3 Å². The SMILES string of the molecule is c1ccc(-c2cc(-c3nc(-c4ccccc4)nc(-c4ccc5cc(-c6ccc7sc8ccccc8c7c6)ccc5c4)n3)c3ccccc3c2)cc1. The van der Waals surface area contributed by atoms with Crippen LogP contribution in [0.5, 0.6) is 0 Å². The first-order valence-electron chi connectivity index (χ1n) is 17.1. The van der Waals surface area contributed by atoms with Crippen LogP contribution in [-0.2, 0) is 0 Å². The van der Waals surface area contributed by atoms with E-state index in [1.165, 1.54) is 36.7 Å². The highest BCUT2D eigenvalue weighted by atomic mass is 32.1. The lowest BCUT2D eigenvalue weighted by molar-refractivity contribution is 1.08. The molecule has 0 saturated heterocycles. The Morgan fingerprint density at radius 3 is 1.65 bits per heavy atom. The van der Waals surface area contributed by atoms with Crippen LogP contribution in [0.1, 0.15) is 0 Å². The van der Waals surface area contributed by atoms with Crippen LogP contribution in [0.2, 0.25) is 0 Å². The number of rotatable bonds is 5. The van der Waals surface area contributed by atoms with Crippen LogP contribution in [0, 0.1) is 0 Å². The fourth-order valence-corrected chi connectivity index (χ4v) is 8.19. The van der Waals surface area contributed by atoms with Gasteiger partial charge in [0, 0.05) is 36.9 Å². The molecule has 2 heterocycles. The van der Waals surface area contributed by atoms with E-state index in [4.69, 9.17) is 15.0 Å². The lowest BCUT2D eigenvalue weighted by atomic mass is 9.96. The van der Waals surface area contributed by atoms with E-state index in [9.17, 15) is 0 Å². The van der Waals surface area contributed by atoms with Crippen LogP contribution < -0.4 is 0 Å². The van der Waals surface area contributed by atoms with Crippen molar-refractivity contribution in [3.8, 4) is 56.4 Å². The van der Waals surface area contributed by atoms with Crippen molar-refractivity contribution in [2.24, 2.45) is 0 Å². The minimum absolute atomic E-state index is 0.647. The number of nitrogens with zero attached hydrogens (tertiary/aromatic N) is 3. The van der Waals surface area contributed by atoms with Crippen molar-refractivity contribution in [1.29, 1.82) is 0 Å². The summed E-state index contributed by atoms with van der Waals surface area (Å²) in [5.74, 6) is 1.95. The molecule has 0 aliphatic carbocycles. The number of hydrogen-bond acceptors (Lipinski definition) is 4. The highest BCUT2D eigenvalue weighted by molar-refractivity contribution is 7.25. The molecule has 0 unspecified atom stereocenters. The van der Waals surface area contributed by atoms with Gasteiger partial charge in [0.05, 0.1) is 0 Å². The minimum Gasteiger partial charge on any atom is -0.208 e. The van der Waals surface area contributed by atoms with Gasteiger partial charge < -0.3 is 0 Å². The molecule has 8 aromatic carbocycles. The van der Waals surface area contributed by atoms with E-state index < -0.39 is 0 Å². The second-order valence-corrected chi connectivity index (χ2v) is 14.0. The number of thiophene rings is 1. The smallest absolute Gasteiger partial charge is 0.164 e. The zero-order valence-electron chi connectivity index (χ0n) is 27.5. The molecule has 0 amide bonds. The fraction of sp³-hybridized carbons (Fsp3) is 0. The minimum atomic E-state index is 0.647. The van der Waals surface area contributed by atoms with Crippen LogP contribution in [0.3, 0.4) is 0 Å². The molecule has 0 aliphatic rings. The number of hydrogen-bond donors (Lipinski definition) is 0. The number of aromatic nitrogens is 3. The molecule has 0 fully saturated rings. The van der Waals surface area contributed by atoms with Crippen LogP contribution in [0.15, 0.2) is 176 Å². The average molecular weight is 668 g/mol. The summed E-state index contributed by atoms with van der Waals surface area (Å²) in [6.45, 7) is 0. The van der Waals surface area contributed by atoms with Crippen LogP contribution in [-0.4, -0.2) is 15.0 Å². The molecule has 0 radical (unpaired) electrons. The standard InChI is InChI=1S/C47H29N3S/c1-3-11-30(12-4-1)38-27-36-15-7-8-16-39(36)42(29-38)47-49-45(31-13-5-2-6-14-31)48-46(50-47)37-22-21-32-25-33(19-20-34(32)26-37)35-23-24-44-41(28-35)40-17-9-10-18-43(40)51-44/h1-29H. The Morgan fingerprint density at radius 2 is 0.843 bits per heavy atom. The number of benzene rings is 8. The van der Waals surface area contributed by atoms with Crippen molar-refractivity contribution in [1.82, 2.24) is 15.0 Å². The molecule has 2 aromatic heterocycles. The van der Waals surface area contributed by atoms with Crippen molar-refractivity contribution >= 4 is 53.1 Å². The van der Waals surface area contributed by atoms with E-state index in [0.29, 0.717) is 17.5 Å². The summed E-state index contributed by atoms with van der Waals surface area (Å²) in [4.78, 5) is 15.4. The fourth-order valence-electron chi connectivity index (χ4n) is 7.10. The van der Waals surface area contributed by atoms with E-state index in [2.05, 4.69) is 152 Å². The third-order valence-corrected chi connectivity index (χ3v) is 10.8. The molecule has 0 N–H and O–H groups in total. The van der Waals surface area contributed by atoms with E-state index in [1.54, 1.807) is 0 Å². The van der Waals surface area contributed by atoms with E-state index >= 15 is 0 Å². The Morgan fingerprint density at radius 1 is 0.294 bits per heavy atom. The summed E-state index contributed by atoms with van der Waals surface area (Å²) in [5, 5.41) is 7.18. The monoisotopic (exact) mass is 667 g/mol. The maximum Gasteiger partial charge on any atom is 0.164 e. The molecule has 0 bridgehead atoms. The van der Waals surface area contributed by atoms with Crippen LogP contribution in [0.4, 0.5) is 0 Å². The third-order valence-electron chi connectivity index (χ3n) is 9.69. The van der Waals surface area contributed by atoms with Crippen molar-refractivity contribution in [2.45, 2.75) is 0 Å². The first kappa shape index (κ1) is 29.4. The van der Waals surface area contributed by atoms with Crippen molar-refractivity contribution < 1.29 is 0 Å². The van der Waals surface area contributed by atoms with Gasteiger partial charge in [0.25, 0.3) is 0 Å². The highest BCUT2D eigenvalue weighted by Crippen LogP contribution is 2.38. The maximum absolute atomic E-state index is 5.18. The average Bonchev–Trinajstić information content (AvgIpc) is 3.58. The quantitative estimate of drug-likeness (QED) is 0.183. The molecule has 0 atom stereocenters. The van der Waals surface area contributed by atoms with Crippen molar-refractivity contribution in [3.05, 3.63) is 176 Å². The molecule has 4 heteroatoms. The topological polar surface area (TPSA) is 38.7 Å². The van der Waals surface area contributed by atoms with E-state index in [0.717, 1.165) is 44.0 Å². The van der Waals surface area contributed by atoms with Crippen LogP contribution >= 0.6 is 11.3 Å². The van der Waals surface area contributed by atoms with Gasteiger partial charge in [0.2, 0.25) is 0 Å². The first-order chi connectivity index (χ1) is 25.2. The Bertz CT molecular complexity index is 2910. The maximum atomic E-state index is 5.18. The van der Waals surface area contributed by atoms with Crippen molar-refractivity contribution in [3.63, 3.8) is 0 Å². The van der Waals surface area contributed by atoms with Crippen molar-refractivity contribution in [2.75, 3.05) is 0 Å². The summed E-state index contributed by atoms with van der Waals surface area (Å²) in [6.07, 6.45) is 0. The summed E-state index contributed by atoms with van der Waals surface area (Å²) in [7, 11) is 0. The van der Waals surface area contributed by atoms with Gasteiger partial charge >= 0.3 is 0 Å². The van der Waals surface area contributed by atoms with Gasteiger partial charge in [-0.2, -0.15) is 0 Å². The molecule has 3 nitrogen and oxygen atoms in total. The second kappa shape index (κ2) is 12.1. The first-order valence-corrected chi connectivity index (χ1v) is 17.9. The predicted molar refractivity (Wildman–Crippen MR) is 215 cm³/mol. The zero-order chi connectivity index (χ0) is 33.7. The summed E-state index contributed by atoms with van der Waals surface area (Å²) < 4.78 is 2.64. The number of fused-ring (bicyclic) bond motifs is 5. The zero-order valence-corrected chi connectivity index (χ0v) is 28.3. The van der Waals surface area contributed by atoms with Gasteiger partial charge in [0.1, 0.15) is 0 Å². The Hall–Kier alpha value is -6.49. The largest absolute Gasteiger partial charge is 0.208 e. The van der Waals surface area contributed by atoms with Gasteiger partial charge in [0.15, 0.2) is 17.5 Å². The lowest BCUT2D eigenvalue weighted by Crippen LogP contribution is -2.01. The van der Waals surface area contributed by atoms with E-state index in [-0.39, 0.29) is 0 Å². The van der Waals surface area contributed by atoms with Gasteiger partial charge in [-0.25, -0.2) is 15.0 Å². The second-order valence-electron chi connectivity index (χ2n) is 12.9. The Kier molecular flexibility index (Phi) is 7.00. The molecule has 10 aromatic rings. The summed E-state index contributed by atoms with van der Waals surface area (Å²) in [5.41, 5.74) is 7.58. The van der Waals surface area contributed by atoms with Crippen LogP contribution in [0.25, 0.3) is 98.1 Å². The molecule has 0 spiro atoms. The van der Waals surface area contributed by atoms with Gasteiger partial charge in [-0.1, -0.05) is 133 Å².